The minimum atomic E-state index is -5.92. The van der Waals surface area contributed by atoms with Crippen LogP contribution in [0.5, 0.6) is 5.75 Å². The molecule has 0 aliphatic heterocycles. The maximum absolute atomic E-state index is 13.0. The van der Waals surface area contributed by atoms with Crippen LogP contribution in [0.2, 0.25) is 0 Å². The van der Waals surface area contributed by atoms with Crippen LogP contribution in [-0.2, 0) is 12.0 Å². The molecule has 0 unspecified atom stereocenters. The summed E-state index contributed by atoms with van der Waals surface area (Å²) in [6.45, 7) is 2.87. The van der Waals surface area contributed by atoms with Gasteiger partial charge in [-0.05, 0) is 42.7 Å². The molecule has 0 bridgehead atoms. The van der Waals surface area contributed by atoms with Gasteiger partial charge in [-0.15, -0.1) is 0 Å². The summed E-state index contributed by atoms with van der Waals surface area (Å²) >= 11 is 0. The lowest BCUT2D eigenvalue weighted by Gasteiger charge is -2.33. The van der Waals surface area contributed by atoms with Crippen molar-refractivity contribution in [2.45, 2.75) is 38.2 Å². The number of alkyl halides is 6. The van der Waals surface area contributed by atoms with E-state index in [1.165, 1.54) is 13.8 Å². The average Bonchev–Trinajstić information content (AvgIpc) is 2.55. The predicted octanol–water partition coefficient (Wildman–Crippen LogP) is 5.24. The molecule has 1 N–H and O–H groups in total. The molecule has 0 saturated heterocycles. The Morgan fingerprint density at radius 1 is 0.852 bits per heavy atom. The second kappa shape index (κ2) is 7.42. The van der Waals surface area contributed by atoms with Crippen LogP contribution in [0.25, 0.3) is 0 Å². The summed E-state index contributed by atoms with van der Waals surface area (Å²) in [6, 6.07) is 10.6. The Morgan fingerprint density at radius 3 is 1.78 bits per heavy atom. The lowest BCUT2D eigenvalue weighted by molar-refractivity contribution is -0.376. The molecule has 0 aliphatic rings. The fourth-order valence-electron chi connectivity index (χ4n) is 2.79. The SMILES string of the molecule is Cc1cc(C(O)(C(F)(F)F)C(F)(F)F)cc(C)c1OCCc1ccccc1. The second-order valence-electron chi connectivity index (χ2n) is 6.23. The van der Waals surface area contributed by atoms with Crippen molar-refractivity contribution in [1.82, 2.24) is 0 Å². The van der Waals surface area contributed by atoms with Gasteiger partial charge in [-0.25, -0.2) is 0 Å². The van der Waals surface area contributed by atoms with E-state index in [2.05, 4.69) is 0 Å². The van der Waals surface area contributed by atoms with Crippen molar-refractivity contribution in [2.75, 3.05) is 6.61 Å². The number of benzene rings is 2. The van der Waals surface area contributed by atoms with Crippen molar-refractivity contribution in [1.29, 1.82) is 0 Å². The molecule has 0 fully saturated rings. The van der Waals surface area contributed by atoms with Crippen molar-refractivity contribution in [3.8, 4) is 5.75 Å². The fourth-order valence-corrected chi connectivity index (χ4v) is 2.79. The molecule has 0 saturated carbocycles. The molecular formula is C19H18F6O2. The highest BCUT2D eigenvalue weighted by atomic mass is 19.4. The number of halogens is 6. The van der Waals surface area contributed by atoms with E-state index in [-0.39, 0.29) is 23.5 Å². The van der Waals surface area contributed by atoms with Crippen LogP contribution in [0.15, 0.2) is 42.5 Å². The molecule has 2 aromatic rings. The third-order valence-corrected chi connectivity index (χ3v) is 4.18. The van der Waals surface area contributed by atoms with Gasteiger partial charge in [0.25, 0.3) is 5.60 Å². The van der Waals surface area contributed by atoms with Gasteiger partial charge in [-0.2, -0.15) is 26.3 Å². The van der Waals surface area contributed by atoms with E-state index >= 15 is 0 Å². The normalized spacial score (nSPS) is 12.9. The molecule has 0 radical (unpaired) electrons. The summed E-state index contributed by atoms with van der Waals surface area (Å²) in [5.74, 6) is 0.196. The zero-order valence-corrected chi connectivity index (χ0v) is 14.6. The fraction of sp³-hybridized carbons (Fsp3) is 0.368. The van der Waals surface area contributed by atoms with Gasteiger partial charge in [0, 0.05) is 12.0 Å². The molecule has 2 nitrogen and oxygen atoms in total. The van der Waals surface area contributed by atoms with Crippen molar-refractivity contribution < 1.29 is 36.2 Å². The zero-order chi connectivity index (χ0) is 20.5. The number of aliphatic hydroxyl groups is 1. The Hall–Kier alpha value is -2.22. The van der Waals surface area contributed by atoms with Crippen LogP contribution in [0.3, 0.4) is 0 Å². The topological polar surface area (TPSA) is 29.5 Å². The summed E-state index contributed by atoms with van der Waals surface area (Å²) in [7, 11) is 0. The minimum Gasteiger partial charge on any atom is -0.493 e. The molecule has 0 atom stereocenters. The molecule has 0 aromatic heterocycles. The molecule has 27 heavy (non-hydrogen) atoms. The van der Waals surface area contributed by atoms with Gasteiger partial charge in [0.1, 0.15) is 5.75 Å². The van der Waals surface area contributed by atoms with Crippen molar-refractivity contribution in [3.05, 3.63) is 64.7 Å². The molecule has 0 spiro atoms. The summed E-state index contributed by atoms with van der Waals surface area (Å²) in [6.07, 6.45) is -11.3. The number of hydrogen-bond donors (Lipinski definition) is 1. The molecule has 2 aromatic carbocycles. The number of rotatable bonds is 5. The highest BCUT2D eigenvalue weighted by Gasteiger charge is 2.71. The lowest BCUT2D eigenvalue weighted by atomic mass is 9.89. The van der Waals surface area contributed by atoms with Crippen LogP contribution >= 0.6 is 0 Å². The standard InChI is InChI=1S/C19H18F6O2/c1-12-10-15(17(26,18(20,21)22)19(23,24)25)11-13(2)16(12)27-9-8-14-6-4-3-5-7-14/h3-7,10-11,26H,8-9H2,1-2H3. The van der Waals surface area contributed by atoms with E-state index in [1.54, 1.807) is 0 Å². The number of hydrogen-bond acceptors (Lipinski definition) is 2. The van der Waals surface area contributed by atoms with E-state index in [1.807, 2.05) is 30.3 Å². The van der Waals surface area contributed by atoms with Crippen LogP contribution in [-0.4, -0.2) is 24.1 Å². The van der Waals surface area contributed by atoms with E-state index in [0.717, 1.165) is 5.56 Å². The molecule has 148 valence electrons. The average molecular weight is 392 g/mol. The maximum atomic E-state index is 13.0. The summed E-state index contributed by atoms with van der Waals surface area (Å²) in [5.41, 5.74) is -5.10. The van der Waals surface area contributed by atoms with Crippen LogP contribution in [0.4, 0.5) is 26.3 Å². The van der Waals surface area contributed by atoms with Crippen molar-refractivity contribution in [3.63, 3.8) is 0 Å². The first-order valence-corrected chi connectivity index (χ1v) is 8.02. The second-order valence-corrected chi connectivity index (χ2v) is 6.23. The van der Waals surface area contributed by atoms with Crippen molar-refractivity contribution >= 4 is 0 Å². The first kappa shape index (κ1) is 21.1. The highest BCUT2D eigenvalue weighted by Crippen LogP contribution is 2.50. The van der Waals surface area contributed by atoms with Crippen LogP contribution in [0, 0.1) is 13.8 Å². The maximum Gasteiger partial charge on any atom is 0.430 e. The smallest absolute Gasteiger partial charge is 0.430 e. The summed E-state index contributed by atoms with van der Waals surface area (Å²) in [4.78, 5) is 0. The summed E-state index contributed by atoms with van der Waals surface area (Å²) < 4.78 is 83.8. The Kier molecular flexibility index (Phi) is 5.79. The first-order valence-electron chi connectivity index (χ1n) is 8.02. The molecule has 8 heteroatoms. The van der Waals surface area contributed by atoms with Gasteiger partial charge in [0.05, 0.1) is 6.61 Å². The van der Waals surface area contributed by atoms with Gasteiger partial charge < -0.3 is 9.84 Å². The Labute approximate surface area is 152 Å². The quantitative estimate of drug-likeness (QED) is 0.706. The Morgan fingerprint density at radius 2 is 1.33 bits per heavy atom. The lowest BCUT2D eigenvalue weighted by Crippen LogP contribution is -2.54. The van der Waals surface area contributed by atoms with E-state index < -0.39 is 23.5 Å². The largest absolute Gasteiger partial charge is 0.493 e. The number of aryl methyl sites for hydroxylation is 2. The third kappa shape index (κ3) is 4.21. The molecule has 0 aliphatic carbocycles. The van der Waals surface area contributed by atoms with Crippen molar-refractivity contribution in [2.24, 2.45) is 0 Å². The Bertz CT molecular complexity index is 744. The van der Waals surface area contributed by atoms with Crippen LogP contribution < -0.4 is 4.74 Å². The van der Waals surface area contributed by atoms with E-state index in [0.29, 0.717) is 18.6 Å². The molecule has 0 heterocycles. The predicted molar refractivity (Wildman–Crippen MR) is 87.6 cm³/mol. The van der Waals surface area contributed by atoms with E-state index in [4.69, 9.17) is 4.74 Å². The zero-order valence-electron chi connectivity index (χ0n) is 14.6. The van der Waals surface area contributed by atoms with Gasteiger partial charge in [0.2, 0.25) is 0 Å². The van der Waals surface area contributed by atoms with Gasteiger partial charge in [-0.1, -0.05) is 30.3 Å². The van der Waals surface area contributed by atoms with Gasteiger partial charge >= 0.3 is 12.4 Å². The molecular weight excluding hydrogens is 374 g/mol. The van der Waals surface area contributed by atoms with E-state index in [9.17, 15) is 31.4 Å². The monoisotopic (exact) mass is 392 g/mol. The molecule has 0 amide bonds. The number of ether oxygens (including phenoxy) is 1. The summed E-state index contributed by atoms with van der Waals surface area (Å²) in [5, 5.41) is 9.53. The molecule has 2 rings (SSSR count). The Balaban J connectivity index is 2.30. The minimum absolute atomic E-state index is 0.0741. The third-order valence-electron chi connectivity index (χ3n) is 4.18. The highest BCUT2D eigenvalue weighted by molar-refractivity contribution is 5.46. The van der Waals surface area contributed by atoms with Crippen LogP contribution in [0.1, 0.15) is 22.3 Å². The van der Waals surface area contributed by atoms with Gasteiger partial charge in [0.15, 0.2) is 0 Å². The first-order chi connectivity index (χ1) is 12.4. The van der Waals surface area contributed by atoms with Gasteiger partial charge in [-0.3, -0.25) is 0 Å².